The van der Waals surface area contributed by atoms with Crippen molar-refractivity contribution in [3.05, 3.63) is 11.1 Å². The summed E-state index contributed by atoms with van der Waals surface area (Å²) in [6.07, 6.45) is 12.2. The molecule has 1 rings (SSSR count). The fourth-order valence-corrected chi connectivity index (χ4v) is 3.65. The summed E-state index contributed by atoms with van der Waals surface area (Å²) in [4.78, 5) is 23.1. The van der Waals surface area contributed by atoms with Crippen molar-refractivity contribution < 1.29 is 9.59 Å². The van der Waals surface area contributed by atoms with Crippen molar-refractivity contribution >= 4 is 11.8 Å². The van der Waals surface area contributed by atoms with Crippen LogP contribution in [-0.2, 0) is 9.59 Å². The highest BCUT2D eigenvalue weighted by molar-refractivity contribution is 6.19. The van der Waals surface area contributed by atoms with Gasteiger partial charge < -0.3 is 0 Å². The Balaban J connectivity index is 2.06. The Hall–Kier alpha value is -1.12. The van der Waals surface area contributed by atoms with E-state index in [9.17, 15) is 9.59 Å². The van der Waals surface area contributed by atoms with Gasteiger partial charge in [0.05, 0.1) is 0 Å². The van der Waals surface area contributed by atoms with Gasteiger partial charge in [-0.05, 0) is 37.5 Å². The molecule has 3 heteroatoms. The zero-order valence-electron chi connectivity index (χ0n) is 17.1. The maximum atomic E-state index is 11.7. The molecule has 1 heterocycles. The molecule has 0 saturated heterocycles. The van der Waals surface area contributed by atoms with E-state index < -0.39 is 0 Å². The van der Waals surface area contributed by atoms with Gasteiger partial charge in [-0.15, -0.1) is 0 Å². The number of hydrogen-bond acceptors (Lipinski definition) is 2. The predicted octanol–water partition coefficient (Wildman–Crippen LogP) is 5.79. The Morgan fingerprint density at radius 1 is 0.720 bits per heavy atom. The van der Waals surface area contributed by atoms with Gasteiger partial charge in [0.15, 0.2) is 0 Å². The van der Waals surface area contributed by atoms with E-state index >= 15 is 0 Å². The highest BCUT2D eigenvalue weighted by atomic mass is 16.2. The van der Waals surface area contributed by atoms with E-state index in [0.29, 0.717) is 11.1 Å². The number of amides is 2. The average molecular weight is 350 g/mol. The van der Waals surface area contributed by atoms with Crippen molar-refractivity contribution in [2.24, 2.45) is 17.8 Å². The van der Waals surface area contributed by atoms with Crippen LogP contribution in [0, 0.1) is 17.8 Å². The summed E-state index contributed by atoms with van der Waals surface area (Å²) in [5.41, 5.74) is 1.32. The first-order valence-electron chi connectivity index (χ1n) is 10.4. The quantitative estimate of drug-likeness (QED) is 0.338. The average Bonchev–Trinajstić information content (AvgIpc) is 2.76. The van der Waals surface area contributed by atoms with Gasteiger partial charge in [-0.25, -0.2) is 0 Å². The second-order valence-electron chi connectivity index (χ2n) is 8.60. The number of carbonyl (C=O) groups excluding carboxylic acids is 2. The summed E-state index contributed by atoms with van der Waals surface area (Å²) < 4.78 is 0. The minimum absolute atomic E-state index is 0.179. The molecule has 2 amide bonds. The highest BCUT2D eigenvalue weighted by Crippen LogP contribution is 2.23. The number of rotatable bonds is 13. The first-order valence-corrected chi connectivity index (χ1v) is 10.4. The number of carbonyl (C=O) groups is 2. The third-order valence-corrected chi connectivity index (χ3v) is 5.54. The van der Waals surface area contributed by atoms with Gasteiger partial charge >= 0.3 is 0 Å². The van der Waals surface area contributed by atoms with Gasteiger partial charge in [0.1, 0.15) is 0 Å². The third kappa shape index (κ3) is 8.69. The molecule has 2 unspecified atom stereocenters. The van der Waals surface area contributed by atoms with E-state index in [1.807, 2.05) is 0 Å². The molecule has 0 aromatic carbocycles. The van der Waals surface area contributed by atoms with Crippen LogP contribution in [0.1, 0.15) is 98.8 Å². The van der Waals surface area contributed by atoms with Crippen molar-refractivity contribution in [1.82, 2.24) is 5.32 Å². The van der Waals surface area contributed by atoms with Gasteiger partial charge in [-0.1, -0.05) is 79.1 Å². The Morgan fingerprint density at radius 2 is 1.24 bits per heavy atom. The molecular formula is C22H39NO2. The van der Waals surface area contributed by atoms with Crippen LogP contribution in [0.4, 0.5) is 0 Å². The number of unbranched alkanes of at least 4 members (excludes halogenated alkanes) is 1. The van der Waals surface area contributed by atoms with Gasteiger partial charge in [-0.3, -0.25) is 14.9 Å². The molecule has 0 spiro atoms. The summed E-state index contributed by atoms with van der Waals surface area (Å²) in [5.74, 6) is 2.06. The monoisotopic (exact) mass is 349 g/mol. The summed E-state index contributed by atoms with van der Waals surface area (Å²) in [7, 11) is 0. The molecule has 0 aromatic rings. The Labute approximate surface area is 155 Å². The predicted molar refractivity (Wildman–Crippen MR) is 105 cm³/mol. The van der Waals surface area contributed by atoms with E-state index in [-0.39, 0.29) is 11.8 Å². The maximum absolute atomic E-state index is 11.7. The summed E-state index contributed by atoms with van der Waals surface area (Å²) in [5, 5.41) is 2.37. The molecule has 144 valence electrons. The summed E-state index contributed by atoms with van der Waals surface area (Å²) in [6.45, 7) is 11.1. The molecule has 25 heavy (non-hydrogen) atoms. The van der Waals surface area contributed by atoms with Crippen LogP contribution < -0.4 is 5.32 Å². The number of hydrogen-bond donors (Lipinski definition) is 1. The smallest absolute Gasteiger partial charge is 0.254 e. The molecule has 3 nitrogen and oxygen atoms in total. The van der Waals surface area contributed by atoms with E-state index in [2.05, 4.69) is 33.0 Å². The molecule has 0 fully saturated rings. The largest absolute Gasteiger partial charge is 0.289 e. The van der Waals surface area contributed by atoms with Crippen molar-refractivity contribution in [3.8, 4) is 0 Å². The van der Waals surface area contributed by atoms with Crippen LogP contribution >= 0.6 is 0 Å². The molecule has 0 radical (unpaired) electrons. The number of imide groups is 1. The van der Waals surface area contributed by atoms with Crippen LogP contribution in [0.5, 0.6) is 0 Å². The third-order valence-electron chi connectivity index (χ3n) is 5.54. The van der Waals surface area contributed by atoms with Crippen molar-refractivity contribution in [2.45, 2.75) is 98.8 Å². The van der Waals surface area contributed by atoms with Crippen LogP contribution in [0.2, 0.25) is 0 Å². The second-order valence-corrected chi connectivity index (χ2v) is 8.60. The lowest BCUT2D eigenvalue weighted by molar-refractivity contribution is -0.124. The molecule has 0 aromatic heterocycles. The van der Waals surface area contributed by atoms with Crippen LogP contribution in [0.3, 0.4) is 0 Å². The van der Waals surface area contributed by atoms with Crippen LogP contribution in [0.25, 0.3) is 0 Å². The highest BCUT2D eigenvalue weighted by Gasteiger charge is 2.25. The van der Waals surface area contributed by atoms with Crippen LogP contribution in [-0.4, -0.2) is 11.8 Å². The lowest BCUT2D eigenvalue weighted by Gasteiger charge is -2.15. The minimum atomic E-state index is -0.212. The second kappa shape index (κ2) is 11.5. The van der Waals surface area contributed by atoms with Crippen molar-refractivity contribution in [2.75, 3.05) is 0 Å². The van der Waals surface area contributed by atoms with E-state index in [4.69, 9.17) is 0 Å². The van der Waals surface area contributed by atoms with E-state index in [1.165, 1.54) is 44.9 Å². The lowest BCUT2D eigenvalue weighted by Crippen LogP contribution is -2.22. The first-order chi connectivity index (χ1) is 11.8. The van der Waals surface area contributed by atoms with Crippen molar-refractivity contribution in [1.29, 1.82) is 0 Å². The topological polar surface area (TPSA) is 46.2 Å². The molecule has 1 aliphatic rings. The number of nitrogens with one attached hydrogen (secondary N) is 1. The van der Waals surface area contributed by atoms with Crippen LogP contribution in [0.15, 0.2) is 11.1 Å². The Morgan fingerprint density at radius 3 is 1.72 bits per heavy atom. The van der Waals surface area contributed by atoms with Gasteiger partial charge in [0.25, 0.3) is 11.8 Å². The Bertz CT molecular complexity index is 465. The zero-order chi connectivity index (χ0) is 18.8. The SMILES string of the molecule is CC1=C(CCCCC(C)CCCC(C)CCCC(C)C)C(=O)NC1=O. The first kappa shape index (κ1) is 21.9. The van der Waals surface area contributed by atoms with E-state index in [0.717, 1.165) is 37.0 Å². The molecule has 0 aliphatic carbocycles. The fraction of sp³-hybridized carbons (Fsp3) is 0.818. The zero-order valence-corrected chi connectivity index (χ0v) is 17.1. The summed E-state index contributed by atoms with van der Waals surface area (Å²) in [6, 6.07) is 0. The molecule has 1 N–H and O–H groups in total. The molecular weight excluding hydrogens is 310 g/mol. The normalized spacial score (nSPS) is 17.4. The van der Waals surface area contributed by atoms with Crippen molar-refractivity contribution in [3.63, 3.8) is 0 Å². The minimum Gasteiger partial charge on any atom is -0.289 e. The fourth-order valence-electron chi connectivity index (χ4n) is 3.65. The molecule has 2 atom stereocenters. The van der Waals surface area contributed by atoms with E-state index in [1.54, 1.807) is 6.92 Å². The van der Waals surface area contributed by atoms with Gasteiger partial charge in [-0.2, -0.15) is 0 Å². The maximum Gasteiger partial charge on any atom is 0.254 e. The molecule has 0 bridgehead atoms. The summed E-state index contributed by atoms with van der Waals surface area (Å²) >= 11 is 0. The standard InChI is InChI=1S/C22H39NO2/c1-16(2)10-8-12-18(4)14-9-13-17(3)11-6-7-15-20-19(5)21(24)23-22(20)25/h16-18H,6-15H2,1-5H3,(H,23,24,25). The molecule has 0 saturated carbocycles. The lowest BCUT2D eigenvalue weighted by atomic mass is 9.91. The van der Waals surface area contributed by atoms with Gasteiger partial charge in [0.2, 0.25) is 0 Å². The van der Waals surface area contributed by atoms with Gasteiger partial charge in [0, 0.05) is 11.1 Å². The molecule has 1 aliphatic heterocycles. The Kier molecular flexibility index (Phi) is 10.1.